The topological polar surface area (TPSA) is 0 Å². The van der Waals surface area contributed by atoms with E-state index >= 15 is 0 Å². The summed E-state index contributed by atoms with van der Waals surface area (Å²) in [5, 5.41) is 0. The monoisotopic (exact) mass is 446 g/mol. The minimum absolute atomic E-state index is 0.213. The smallest absolute Gasteiger partial charge is 0.0229 e. The van der Waals surface area contributed by atoms with Crippen LogP contribution < -0.4 is 0 Å². The molecule has 1 heteroatoms. The van der Waals surface area contributed by atoms with E-state index in [1.54, 1.807) is 11.1 Å². The lowest BCUT2D eigenvalue weighted by Crippen LogP contribution is -2.13. The van der Waals surface area contributed by atoms with Crippen molar-refractivity contribution in [2.45, 2.75) is 114 Å². The molecule has 0 bridgehead atoms. The molecule has 0 heterocycles. The van der Waals surface area contributed by atoms with Crippen LogP contribution in [0.5, 0.6) is 0 Å². The van der Waals surface area contributed by atoms with Gasteiger partial charge in [-0.3, -0.25) is 0 Å². The molecule has 32 heavy (non-hydrogen) atoms. The number of benzene rings is 2. The van der Waals surface area contributed by atoms with Crippen molar-refractivity contribution in [1.82, 2.24) is 0 Å². The van der Waals surface area contributed by atoms with Gasteiger partial charge in [-0.05, 0) is 78.5 Å². The summed E-state index contributed by atoms with van der Waals surface area (Å²) >= 11 is 0. The van der Waals surface area contributed by atoms with Crippen molar-refractivity contribution in [2.75, 3.05) is 0 Å². The lowest BCUT2D eigenvalue weighted by molar-refractivity contribution is 0.303. The summed E-state index contributed by atoms with van der Waals surface area (Å²) in [6.45, 7) is 4.71. The fraction of sp³-hybridized carbons (Fsp3) is 0.613. The number of hydrogen-bond acceptors (Lipinski definition) is 0. The van der Waals surface area contributed by atoms with E-state index in [4.69, 9.17) is 0 Å². The highest BCUT2D eigenvalue weighted by Crippen LogP contribution is 2.40. The quantitative estimate of drug-likeness (QED) is 0.266. The first kappa shape index (κ1) is 23.8. The van der Waals surface area contributed by atoms with Crippen LogP contribution in [-0.2, 0) is 0 Å². The molecule has 0 unspecified atom stereocenters. The van der Waals surface area contributed by atoms with Gasteiger partial charge in [-0.2, -0.15) is 0 Å². The van der Waals surface area contributed by atoms with Gasteiger partial charge in [0.05, 0.1) is 0 Å². The predicted molar refractivity (Wildman–Crippen MR) is 145 cm³/mol. The van der Waals surface area contributed by atoms with E-state index in [1.807, 2.05) is 0 Å². The largest absolute Gasteiger partial charge is 0.0683 e. The summed E-state index contributed by atoms with van der Waals surface area (Å²) in [7, 11) is 0.213. The molecular weight excluding hydrogens is 400 g/mol. The Morgan fingerprint density at radius 3 is 1.59 bits per heavy atom. The molecule has 2 aliphatic rings. The molecule has 0 atom stereocenters. The summed E-state index contributed by atoms with van der Waals surface area (Å²) in [5.41, 5.74) is 7.05. The number of rotatable bonds is 9. The SMILES string of the molecule is CCCCC[C@H]1CC[C@H](c2ccc(-c3ccc([C@H]4CC[C@H]([SiH2]CC)CC4)cc3)cc2)CC1. The van der Waals surface area contributed by atoms with Crippen molar-refractivity contribution in [1.29, 1.82) is 0 Å². The highest BCUT2D eigenvalue weighted by molar-refractivity contribution is 6.37. The minimum Gasteiger partial charge on any atom is -0.0683 e. The second-order valence-corrected chi connectivity index (χ2v) is 13.7. The van der Waals surface area contributed by atoms with Crippen molar-refractivity contribution < 1.29 is 0 Å². The maximum absolute atomic E-state index is 2.42. The zero-order valence-electron chi connectivity index (χ0n) is 20.8. The van der Waals surface area contributed by atoms with Gasteiger partial charge < -0.3 is 0 Å². The summed E-state index contributed by atoms with van der Waals surface area (Å²) in [6.07, 6.45) is 17.2. The van der Waals surface area contributed by atoms with Crippen LogP contribution in [0.1, 0.15) is 114 Å². The molecule has 2 aliphatic carbocycles. The van der Waals surface area contributed by atoms with Gasteiger partial charge in [0, 0.05) is 9.52 Å². The molecule has 0 aromatic heterocycles. The van der Waals surface area contributed by atoms with Crippen LogP contribution in [0.2, 0.25) is 11.6 Å². The molecule has 0 radical (unpaired) electrons. The van der Waals surface area contributed by atoms with E-state index in [9.17, 15) is 0 Å². The third-order valence-corrected chi connectivity index (χ3v) is 10.9. The molecule has 0 nitrogen and oxygen atoms in total. The van der Waals surface area contributed by atoms with Crippen LogP contribution in [-0.4, -0.2) is 9.52 Å². The Balaban J connectivity index is 1.29. The lowest BCUT2D eigenvalue weighted by Gasteiger charge is -2.29. The van der Waals surface area contributed by atoms with Crippen LogP contribution >= 0.6 is 0 Å². The first-order valence-electron chi connectivity index (χ1n) is 14.0. The van der Waals surface area contributed by atoms with Crippen LogP contribution in [0, 0.1) is 5.92 Å². The van der Waals surface area contributed by atoms with E-state index in [0.717, 1.165) is 23.3 Å². The Kier molecular flexibility index (Phi) is 9.08. The second-order valence-electron chi connectivity index (χ2n) is 11.0. The Labute approximate surface area is 200 Å². The number of unbranched alkanes of at least 4 members (excludes halogenated alkanes) is 2. The normalized spacial score (nSPS) is 26.6. The Morgan fingerprint density at radius 2 is 1.12 bits per heavy atom. The van der Waals surface area contributed by atoms with E-state index in [0.29, 0.717) is 0 Å². The first-order valence-corrected chi connectivity index (χ1v) is 15.8. The maximum Gasteiger partial charge on any atom is 0.0229 e. The van der Waals surface area contributed by atoms with Crippen LogP contribution in [0.4, 0.5) is 0 Å². The van der Waals surface area contributed by atoms with Crippen LogP contribution in [0.25, 0.3) is 11.1 Å². The van der Waals surface area contributed by atoms with Gasteiger partial charge in [-0.1, -0.05) is 112 Å². The second kappa shape index (κ2) is 12.2. The van der Waals surface area contributed by atoms with Crippen molar-refractivity contribution in [3.8, 4) is 11.1 Å². The highest BCUT2D eigenvalue weighted by atomic mass is 28.2. The predicted octanol–water partition coefficient (Wildman–Crippen LogP) is 9.26. The standard InChI is InChI=1S/C31H46Si/c1-3-5-6-7-24-8-10-25(11-9-24)26-12-14-27(15-13-26)28-16-18-29(19-17-28)30-20-22-31(23-21-30)32-4-2/h12-19,24-25,30-31H,3-11,20-23,32H2,1-2H3/t24-,25-,30-,31-. The van der Waals surface area contributed by atoms with Crippen molar-refractivity contribution >= 4 is 9.52 Å². The van der Waals surface area contributed by atoms with Gasteiger partial charge in [-0.25, -0.2) is 0 Å². The third kappa shape index (κ3) is 6.37. The Morgan fingerprint density at radius 1 is 0.625 bits per heavy atom. The molecule has 174 valence electrons. The summed E-state index contributed by atoms with van der Waals surface area (Å²) in [4.78, 5) is 0. The third-order valence-electron chi connectivity index (χ3n) is 8.70. The molecule has 4 rings (SSSR count). The highest BCUT2D eigenvalue weighted by Gasteiger charge is 2.23. The minimum atomic E-state index is 0.213. The van der Waals surface area contributed by atoms with E-state index < -0.39 is 0 Å². The van der Waals surface area contributed by atoms with E-state index in [-0.39, 0.29) is 9.52 Å². The molecular formula is C31H46Si. The summed E-state index contributed by atoms with van der Waals surface area (Å²) in [6, 6.07) is 20.7. The summed E-state index contributed by atoms with van der Waals surface area (Å²) < 4.78 is 0. The molecule has 2 aromatic rings. The van der Waals surface area contributed by atoms with Crippen molar-refractivity contribution in [2.24, 2.45) is 5.92 Å². The Bertz CT molecular complexity index is 774. The van der Waals surface area contributed by atoms with E-state index in [2.05, 4.69) is 62.4 Å². The molecule has 0 saturated heterocycles. The molecule has 0 amide bonds. The number of hydrogen-bond donors (Lipinski definition) is 0. The first-order chi connectivity index (χ1) is 15.8. The van der Waals surface area contributed by atoms with Gasteiger partial charge in [0.1, 0.15) is 0 Å². The molecule has 0 N–H and O–H groups in total. The van der Waals surface area contributed by atoms with Gasteiger partial charge in [0.25, 0.3) is 0 Å². The van der Waals surface area contributed by atoms with Gasteiger partial charge in [-0.15, -0.1) is 0 Å². The van der Waals surface area contributed by atoms with Gasteiger partial charge in [0.15, 0.2) is 0 Å². The van der Waals surface area contributed by atoms with Crippen molar-refractivity contribution in [3.63, 3.8) is 0 Å². The zero-order valence-corrected chi connectivity index (χ0v) is 22.2. The fourth-order valence-electron chi connectivity index (χ4n) is 6.56. The average Bonchev–Trinajstić information content (AvgIpc) is 2.86. The zero-order chi connectivity index (χ0) is 22.2. The van der Waals surface area contributed by atoms with Crippen molar-refractivity contribution in [3.05, 3.63) is 59.7 Å². The fourth-order valence-corrected chi connectivity index (χ4v) is 8.42. The lowest BCUT2D eigenvalue weighted by atomic mass is 9.77. The van der Waals surface area contributed by atoms with E-state index in [1.165, 1.54) is 94.2 Å². The van der Waals surface area contributed by atoms with Crippen LogP contribution in [0.15, 0.2) is 48.5 Å². The molecule has 2 fully saturated rings. The maximum atomic E-state index is 2.42. The molecule has 0 spiro atoms. The van der Waals surface area contributed by atoms with Crippen LogP contribution in [0.3, 0.4) is 0 Å². The van der Waals surface area contributed by atoms with Gasteiger partial charge in [0.2, 0.25) is 0 Å². The van der Waals surface area contributed by atoms with Gasteiger partial charge >= 0.3 is 0 Å². The Hall–Kier alpha value is -1.34. The molecule has 2 aromatic carbocycles. The molecule has 2 saturated carbocycles. The average molecular weight is 447 g/mol. The molecule has 0 aliphatic heterocycles. The summed E-state index contributed by atoms with van der Waals surface area (Å²) in [5.74, 6) is 2.60.